The summed E-state index contributed by atoms with van der Waals surface area (Å²) in [5, 5.41) is 3.44. The number of fused-ring (bicyclic) bond motifs is 1. The molecular weight excluding hydrogens is 302 g/mol. The number of aliphatic imine (C=N–C) groups is 1. The Morgan fingerprint density at radius 1 is 1.41 bits per heavy atom. The van der Waals surface area contributed by atoms with E-state index in [4.69, 9.17) is 4.74 Å². The van der Waals surface area contributed by atoms with Crippen molar-refractivity contribution in [3.05, 3.63) is 35.4 Å². The Morgan fingerprint density at radius 3 is 2.82 bits per heavy atom. The van der Waals surface area contributed by atoms with Gasteiger partial charge in [0.25, 0.3) is 5.91 Å². The summed E-state index contributed by atoms with van der Waals surface area (Å²) in [7, 11) is 1.58. The second kappa shape index (κ2) is 5.84. The maximum Gasteiger partial charge on any atom is 0.271 e. The van der Waals surface area contributed by atoms with Crippen molar-refractivity contribution in [3.8, 4) is 5.75 Å². The first-order valence-electron chi connectivity index (χ1n) is 6.78. The number of nitrogens with zero attached hydrogens (tertiary/aromatic N) is 2. The molecule has 2 amide bonds. The molecule has 0 fully saturated rings. The molecule has 2 aliphatic heterocycles. The van der Waals surface area contributed by atoms with Crippen LogP contribution >= 0.6 is 11.8 Å². The normalized spacial score (nSPS) is 19.6. The molecule has 7 heteroatoms. The Kier molecular flexibility index (Phi) is 3.89. The number of amides is 2. The highest BCUT2D eigenvalue weighted by Crippen LogP contribution is 2.34. The zero-order chi connectivity index (χ0) is 15.7. The number of anilines is 1. The molecule has 0 bridgehead atoms. The standard InChI is InChI=1S/C15H15N3O3S/c1-9-8-18-12(14(20)17-15(18)22-9)7-13(19)16-10-3-5-11(21-2)6-4-10/h3-6,8,12H,7H2,1-2H3,(H,16,19). The van der Waals surface area contributed by atoms with Crippen molar-refractivity contribution in [2.24, 2.45) is 4.99 Å². The maximum absolute atomic E-state index is 12.1. The van der Waals surface area contributed by atoms with Crippen LogP contribution in [0.2, 0.25) is 0 Å². The number of thioether (sulfide) groups is 1. The van der Waals surface area contributed by atoms with Crippen LogP contribution in [0.4, 0.5) is 5.69 Å². The lowest BCUT2D eigenvalue weighted by molar-refractivity contribution is -0.124. The highest BCUT2D eigenvalue weighted by atomic mass is 32.2. The topological polar surface area (TPSA) is 71.0 Å². The van der Waals surface area contributed by atoms with Crippen LogP contribution in [-0.4, -0.2) is 35.0 Å². The number of carbonyl (C=O) groups is 2. The zero-order valence-corrected chi connectivity index (χ0v) is 13.0. The van der Waals surface area contributed by atoms with Crippen LogP contribution in [0.3, 0.4) is 0 Å². The second-order valence-electron chi connectivity index (χ2n) is 4.98. The number of hydrogen-bond acceptors (Lipinski definition) is 5. The Bertz CT molecular complexity index is 682. The van der Waals surface area contributed by atoms with E-state index in [2.05, 4.69) is 10.3 Å². The van der Waals surface area contributed by atoms with Crippen molar-refractivity contribution in [3.63, 3.8) is 0 Å². The summed E-state index contributed by atoms with van der Waals surface area (Å²) in [5.74, 6) is 0.232. The first kappa shape index (κ1) is 14.6. The Morgan fingerprint density at radius 2 is 2.14 bits per heavy atom. The fraction of sp³-hybridized carbons (Fsp3) is 0.267. The summed E-state index contributed by atoms with van der Waals surface area (Å²) in [6.45, 7) is 1.95. The second-order valence-corrected chi connectivity index (χ2v) is 6.19. The molecule has 1 unspecified atom stereocenters. The predicted octanol–water partition coefficient (Wildman–Crippen LogP) is 2.20. The summed E-state index contributed by atoms with van der Waals surface area (Å²) >= 11 is 1.45. The highest BCUT2D eigenvalue weighted by Gasteiger charge is 2.38. The van der Waals surface area contributed by atoms with E-state index in [0.29, 0.717) is 10.9 Å². The Balaban J connectivity index is 1.63. The van der Waals surface area contributed by atoms with E-state index in [1.165, 1.54) is 11.8 Å². The van der Waals surface area contributed by atoms with Gasteiger partial charge in [-0.3, -0.25) is 9.59 Å². The molecule has 0 saturated heterocycles. The van der Waals surface area contributed by atoms with Crippen LogP contribution in [0.15, 0.2) is 40.4 Å². The van der Waals surface area contributed by atoms with Crippen molar-refractivity contribution in [2.75, 3.05) is 12.4 Å². The van der Waals surface area contributed by atoms with Gasteiger partial charge in [-0.2, -0.15) is 4.99 Å². The van der Waals surface area contributed by atoms with Gasteiger partial charge in [-0.15, -0.1) is 0 Å². The molecule has 2 heterocycles. The van der Waals surface area contributed by atoms with Crippen molar-refractivity contribution >= 4 is 34.4 Å². The van der Waals surface area contributed by atoms with Gasteiger partial charge in [0, 0.05) is 16.8 Å². The van der Waals surface area contributed by atoms with Crippen LogP contribution in [-0.2, 0) is 9.59 Å². The van der Waals surface area contributed by atoms with Gasteiger partial charge in [0.15, 0.2) is 5.17 Å². The predicted molar refractivity (Wildman–Crippen MR) is 85.7 cm³/mol. The molecular formula is C15H15N3O3S. The maximum atomic E-state index is 12.1. The number of rotatable bonds is 4. The minimum Gasteiger partial charge on any atom is -0.497 e. The van der Waals surface area contributed by atoms with E-state index in [9.17, 15) is 9.59 Å². The molecule has 1 atom stereocenters. The minimum atomic E-state index is -0.543. The van der Waals surface area contributed by atoms with E-state index in [0.717, 1.165) is 10.7 Å². The van der Waals surface area contributed by atoms with Gasteiger partial charge in [-0.05, 0) is 31.2 Å². The molecule has 0 aliphatic carbocycles. The molecule has 2 aliphatic rings. The lowest BCUT2D eigenvalue weighted by atomic mass is 10.1. The summed E-state index contributed by atoms with van der Waals surface area (Å²) in [6, 6.07) is 6.50. The number of methoxy groups -OCH3 is 1. The van der Waals surface area contributed by atoms with E-state index < -0.39 is 6.04 Å². The SMILES string of the molecule is COc1ccc(NC(=O)CC2C(=O)N=C3SC(C)=CN32)cc1. The third kappa shape index (κ3) is 2.85. The summed E-state index contributed by atoms with van der Waals surface area (Å²) in [4.78, 5) is 30.9. The average Bonchev–Trinajstić information content (AvgIpc) is 2.97. The van der Waals surface area contributed by atoms with Gasteiger partial charge in [0.1, 0.15) is 11.8 Å². The van der Waals surface area contributed by atoms with Gasteiger partial charge in [-0.1, -0.05) is 11.8 Å². The number of ether oxygens (including phenoxy) is 1. The van der Waals surface area contributed by atoms with Gasteiger partial charge in [0.2, 0.25) is 5.91 Å². The van der Waals surface area contributed by atoms with Crippen molar-refractivity contribution in [1.82, 2.24) is 4.90 Å². The monoisotopic (exact) mass is 317 g/mol. The van der Waals surface area contributed by atoms with Gasteiger partial charge in [0.05, 0.1) is 13.5 Å². The minimum absolute atomic E-state index is 0.0716. The van der Waals surface area contributed by atoms with E-state index in [-0.39, 0.29) is 18.2 Å². The molecule has 114 valence electrons. The summed E-state index contributed by atoms with van der Waals surface area (Å²) in [6.07, 6.45) is 1.93. The van der Waals surface area contributed by atoms with Crippen LogP contribution in [0, 0.1) is 0 Å². The number of allylic oxidation sites excluding steroid dienone is 1. The van der Waals surface area contributed by atoms with E-state index in [1.54, 1.807) is 36.3 Å². The molecule has 0 saturated carbocycles. The number of amidine groups is 1. The third-order valence-corrected chi connectivity index (χ3v) is 4.29. The molecule has 1 aromatic carbocycles. The van der Waals surface area contributed by atoms with Crippen molar-refractivity contribution in [2.45, 2.75) is 19.4 Å². The lowest BCUT2D eigenvalue weighted by Crippen LogP contribution is -2.35. The molecule has 3 rings (SSSR count). The molecule has 6 nitrogen and oxygen atoms in total. The largest absolute Gasteiger partial charge is 0.497 e. The molecule has 22 heavy (non-hydrogen) atoms. The van der Waals surface area contributed by atoms with Crippen LogP contribution < -0.4 is 10.1 Å². The zero-order valence-electron chi connectivity index (χ0n) is 12.2. The highest BCUT2D eigenvalue weighted by molar-refractivity contribution is 8.17. The summed E-state index contributed by atoms with van der Waals surface area (Å²) in [5.41, 5.74) is 0.667. The number of hydrogen-bond donors (Lipinski definition) is 1. The summed E-state index contributed by atoms with van der Waals surface area (Å²) < 4.78 is 5.07. The first-order chi connectivity index (χ1) is 10.6. The van der Waals surface area contributed by atoms with Gasteiger partial charge < -0.3 is 15.0 Å². The molecule has 1 N–H and O–H groups in total. The molecule has 0 radical (unpaired) electrons. The Hall–Kier alpha value is -2.28. The van der Waals surface area contributed by atoms with Gasteiger partial charge in [-0.25, -0.2) is 0 Å². The van der Waals surface area contributed by atoms with E-state index >= 15 is 0 Å². The molecule has 0 spiro atoms. The fourth-order valence-electron chi connectivity index (χ4n) is 2.31. The van der Waals surface area contributed by atoms with Crippen LogP contribution in [0.5, 0.6) is 5.75 Å². The quantitative estimate of drug-likeness (QED) is 0.922. The first-order valence-corrected chi connectivity index (χ1v) is 7.59. The lowest BCUT2D eigenvalue weighted by Gasteiger charge is -2.18. The fourth-order valence-corrected chi connectivity index (χ4v) is 3.19. The number of benzene rings is 1. The van der Waals surface area contributed by atoms with Gasteiger partial charge >= 0.3 is 0 Å². The van der Waals surface area contributed by atoms with Crippen LogP contribution in [0.1, 0.15) is 13.3 Å². The Labute approximate surface area is 132 Å². The number of carbonyl (C=O) groups excluding carboxylic acids is 2. The average molecular weight is 317 g/mol. The number of nitrogens with one attached hydrogen (secondary N) is 1. The molecule has 1 aromatic rings. The van der Waals surface area contributed by atoms with Crippen molar-refractivity contribution in [1.29, 1.82) is 0 Å². The molecule has 0 aromatic heterocycles. The third-order valence-electron chi connectivity index (χ3n) is 3.37. The van der Waals surface area contributed by atoms with Crippen molar-refractivity contribution < 1.29 is 14.3 Å². The van der Waals surface area contributed by atoms with E-state index in [1.807, 2.05) is 13.1 Å². The smallest absolute Gasteiger partial charge is 0.271 e. The van der Waals surface area contributed by atoms with Crippen LogP contribution in [0.25, 0.3) is 0 Å².